The van der Waals surface area contributed by atoms with Crippen molar-refractivity contribution in [3.63, 3.8) is 0 Å². The average Bonchev–Trinajstić information content (AvgIpc) is 2.81. The molecular formula is C25H25ClN4O3. The van der Waals surface area contributed by atoms with Crippen LogP contribution < -0.4 is 10.2 Å². The number of benzene rings is 3. The molecule has 1 aliphatic heterocycles. The summed E-state index contributed by atoms with van der Waals surface area (Å²) < 4.78 is 0. The lowest BCUT2D eigenvalue weighted by atomic mass is 10.1. The number of halogens is 1. The van der Waals surface area contributed by atoms with E-state index in [2.05, 4.69) is 21.2 Å². The molecule has 0 spiro atoms. The third-order valence-corrected chi connectivity index (χ3v) is 6.24. The zero-order chi connectivity index (χ0) is 23.4. The number of carbonyl (C=O) groups is 1. The summed E-state index contributed by atoms with van der Waals surface area (Å²) in [7, 11) is 0. The fourth-order valence-electron chi connectivity index (χ4n) is 3.99. The Balaban J connectivity index is 1.32. The van der Waals surface area contributed by atoms with Gasteiger partial charge < -0.3 is 10.2 Å². The Labute approximate surface area is 197 Å². The second-order valence-corrected chi connectivity index (χ2v) is 8.52. The maximum absolute atomic E-state index is 12.5. The summed E-state index contributed by atoms with van der Waals surface area (Å²) in [6.45, 7) is 6.20. The Morgan fingerprint density at radius 1 is 1.03 bits per heavy atom. The van der Waals surface area contributed by atoms with Crippen LogP contribution in [0.2, 0.25) is 5.02 Å². The van der Waals surface area contributed by atoms with Gasteiger partial charge in [-0.1, -0.05) is 29.8 Å². The maximum Gasteiger partial charge on any atom is 0.272 e. The molecule has 0 aliphatic carbocycles. The molecule has 3 aromatic rings. The minimum Gasteiger partial charge on any atom is -0.369 e. The lowest BCUT2D eigenvalue weighted by molar-refractivity contribution is -0.385. The van der Waals surface area contributed by atoms with Crippen molar-refractivity contribution in [2.75, 3.05) is 36.4 Å². The van der Waals surface area contributed by atoms with Crippen molar-refractivity contribution in [3.8, 4) is 0 Å². The fourth-order valence-corrected chi connectivity index (χ4v) is 4.19. The molecular weight excluding hydrogens is 440 g/mol. The van der Waals surface area contributed by atoms with Crippen LogP contribution in [0, 0.1) is 17.0 Å². The number of hydrogen-bond donors (Lipinski definition) is 1. The zero-order valence-corrected chi connectivity index (χ0v) is 19.1. The molecule has 1 N–H and O–H groups in total. The summed E-state index contributed by atoms with van der Waals surface area (Å²) in [4.78, 5) is 27.8. The fraction of sp³-hybridized carbons (Fsp3) is 0.240. The third-order valence-electron chi connectivity index (χ3n) is 5.87. The number of hydrogen-bond acceptors (Lipinski definition) is 5. The van der Waals surface area contributed by atoms with Crippen molar-refractivity contribution in [2.24, 2.45) is 0 Å². The first kappa shape index (κ1) is 22.8. The van der Waals surface area contributed by atoms with Crippen molar-refractivity contribution in [3.05, 3.63) is 98.6 Å². The first-order chi connectivity index (χ1) is 15.9. The Bertz CT molecular complexity index is 1160. The smallest absolute Gasteiger partial charge is 0.272 e. The van der Waals surface area contributed by atoms with Gasteiger partial charge in [0.25, 0.3) is 11.6 Å². The van der Waals surface area contributed by atoms with E-state index in [4.69, 9.17) is 11.6 Å². The van der Waals surface area contributed by atoms with Gasteiger partial charge in [0.15, 0.2) is 0 Å². The van der Waals surface area contributed by atoms with Crippen molar-refractivity contribution in [1.82, 2.24) is 4.90 Å². The second-order valence-electron chi connectivity index (χ2n) is 8.11. The molecule has 0 unspecified atom stereocenters. The van der Waals surface area contributed by atoms with E-state index in [9.17, 15) is 14.9 Å². The van der Waals surface area contributed by atoms with Gasteiger partial charge in [0.05, 0.1) is 4.92 Å². The van der Waals surface area contributed by atoms with Gasteiger partial charge in [-0.2, -0.15) is 0 Å². The van der Waals surface area contributed by atoms with E-state index in [0.717, 1.165) is 49.0 Å². The molecule has 8 heteroatoms. The Kier molecular flexibility index (Phi) is 6.91. The molecule has 1 aliphatic rings. The number of nitrogens with zero attached hydrogens (tertiary/aromatic N) is 3. The van der Waals surface area contributed by atoms with Gasteiger partial charge in [-0.05, 0) is 55.0 Å². The molecule has 1 saturated heterocycles. The number of piperazine rings is 1. The molecule has 33 heavy (non-hydrogen) atoms. The van der Waals surface area contributed by atoms with E-state index < -0.39 is 4.92 Å². The van der Waals surface area contributed by atoms with Crippen LogP contribution in [0.15, 0.2) is 66.7 Å². The zero-order valence-electron chi connectivity index (χ0n) is 18.3. The molecule has 0 atom stereocenters. The summed E-state index contributed by atoms with van der Waals surface area (Å²) in [5, 5.41) is 14.6. The minimum atomic E-state index is -0.452. The van der Waals surface area contributed by atoms with Crippen LogP contribution >= 0.6 is 11.6 Å². The van der Waals surface area contributed by atoms with Gasteiger partial charge >= 0.3 is 0 Å². The SMILES string of the molecule is Cc1cc(C(=O)Nc2ccc(N3CCN(Cc4ccccc4Cl)CC3)cc2)ccc1[N+](=O)[O-]. The van der Waals surface area contributed by atoms with Gasteiger partial charge in [-0.3, -0.25) is 19.8 Å². The molecule has 1 fully saturated rings. The summed E-state index contributed by atoms with van der Waals surface area (Å²) in [5.74, 6) is -0.297. The number of carbonyl (C=O) groups excluding carboxylic acids is 1. The highest BCUT2D eigenvalue weighted by atomic mass is 35.5. The molecule has 1 heterocycles. The lowest BCUT2D eigenvalue weighted by Gasteiger charge is -2.36. The quantitative estimate of drug-likeness (QED) is 0.404. The topological polar surface area (TPSA) is 78.7 Å². The molecule has 0 radical (unpaired) electrons. The van der Waals surface area contributed by atoms with Gasteiger partial charge in [0.2, 0.25) is 0 Å². The third kappa shape index (κ3) is 5.50. The number of nitro groups is 1. The van der Waals surface area contributed by atoms with Crippen molar-refractivity contribution < 1.29 is 9.72 Å². The predicted molar refractivity (Wildman–Crippen MR) is 131 cm³/mol. The number of amides is 1. The highest BCUT2D eigenvalue weighted by molar-refractivity contribution is 6.31. The lowest BCUT2D eigenvalue weighted by Crippen LogP contribution is -2.46. The molecule has 170 valence electrons. The number of nitrogens with one attached hydrogen (secondary N) is 1. The molecule has 0 aromatic heterocycles. The molecule has 3 aromatic carbocycles. The Morgan fingerprint density at radius 2 is 1.73 bits per heavy atom. The first-order valence-corrected chi connectivity index (χ1v) is 11.2. The van der Waals surface area contributed by atoms with Gasteiger partial charge in [-0.25, -0.2) is 0 Å². The van der Waals surface area contributed by atoms with E-state index >= 15 is 0 Å². The van der Waals surface area contributed by atoms with Gasteiger partial charge in [-0.15, -0.1) is 0 Å². The van der Waals surface area contributed by atoms with E-state index in [-0.39, 0.29) is 11.6 Å². The van der Waals surface area contributed by atoms with Crippen LogP contribution in [0.5, 0.6) is 0 Å². The Morgan fingerprint density at radius 3 is 2.36 bits per heavy atom. The van der Waals surface area contributed by atoms with Crippen LogP contribution in [0.3, 0.4) is 0 Å². The van der Waals surface area contributed by atoms with Crippen molar-refractivity contribution >= 4 is 34.6 Å². The minimum absolute atomic E-state index is 0.00265. The van der Waals surface area contributed by atoms with Crippen LogP contribution in [0.25, 0.3) is 0 Å². The van der Waals surface area contributed by atoms with Gasteiger partial charge in [0, 0.05) is 66.3 Å². The van der Waals surface area contributed by atoms with E-state index in [0.29, 0.717) is 16.8 Å². The molecule has 4 rings (SSSR count). The van der Waals surface area contributed by atoms with Crippen molar-refractivity contribution in [2.45, 2.75) is 13.5 Å². The second kappa shape index (κ2) is 10.0. The number of aryl methyl sites for hydroxylation is 1. The average molecular weight is 465 g/mol. The molecule has 7 nitrogen and oxygen atoms in total. The van der Waals surface area contributed by atoms with Crippen LogP contribution in [0.4, 0.5) is 17.1 Å². The molecule has 1 amide bonds. The maximum atomic E-state index is 12.5. The van der Waals surface area contributed by atoms with Crippen LogP contribution in [0.1, 0.15) is 21.5 Å². The summed E-state index contributed by atoms with van der Waals surface area (Å²) in [6, 6.07) is 20.1. The molecule has 0 saturated carbocycles. The van der Waals surface area contributed by atoms with E-state index in [1.807, 2.05) is 42.5 Å². The van der Waals surface area contributed by atoms with Crippen molar-refractivity contribution in [1.29, 1.82) is 0 Å². The Hall–Kier alpha value is -3.42. The van der Waals surface area contributed by atoms with Crippen LogP contribution in [-0.4, -0.2) is 41.9 Å². The standard InChI is InChI=1S/C25H25ClN4O3/c1-18-16-19(6-11-24(18)30(32)33)25(31)27-21-7-9-22(10-8-21)29-14-12-28(13-15-29)17-20-4-2-3-5-23(20)26/h2-11,16H,12-15,17H2,1H3,(H,27,31). The summed E-state index contributed by atoms with van der Waals surface area (Å²) in [6.07, 6.45) is 0. The summed E-state index contributed by atoms with van der Waals surface area (Å²) in [5.41, 5.74) is 3.78. The highest BCUT2D eigenvalue weighted by Gasteiger charge is 2.18. The number of nitro benzene ring substituents is 1. The van der Waals surface area contributed by atoms with Crippen LogP contribution in [-0.2, 0) is 6.54 Å². The largest absolute Gasteiger partial charge is 0.369 e. The number of anilines is 2. The normalized spacial score (nSPS) is 14.2. The van der Waals surface area contributed by atoms with Gasteiger partial charge in [0.1, 0.15) is 0 Å². The monoisotopic (exact) mass is 464 g/mol. The van der Waals surface area contributed by atoms with E-state index in [1.54, 1.807) is 6.92 Å². The predicted octanol–water partition coefficient (Wildman–Crippen LogP) is 5.13. The van der Waals surface area contributed by atoms with E-state index in [1.165, 1.54) is 18.2 Å². The first-order valence-electron chi connectivity index (χ1n) is 10.8. The molecule has 0 bridgehead atoms. The highest BCUT2D eigenvalue weighted by Crippen LogP contribution is 2.23. The number of rotatable bonds is 6. The summed E-state index contributed by atoms with van der Waals surface area (Å²) >= 11 is 6.29.